The van der Waals surface area contributed by atoms with Gasteiger partial charge in [0.1, 0.15) is 10.6 Å². The SMILES string of the molecule is Cc1nn(Cc2ccc(F)cc2)c2sc(C(=O)NNC(=O)c3nn(-c4ccccc4)cc3O)cc12. The quantitative estimate of drug-likeness (QED) is 0.326. The predicted molar refractivity (Wildman–Crippen MR) is 128 cm³/mol. The van der Waals surface area contributed by atoms with Gasteiger partial charge < -0.3 is 5.11 Å². The Labute approximate surface area is 202 Å². The molecule has 3 heterocycles. The molecule has 0 aliphatic rings. The zero-order valence-electron chi connectivity index (χ0n) is 18.4. The van der Waals surface area contributed by atoms with E-state index in [1.165, 1.54) is 34.3 Å². The standard InChI is InChI=1S/C24H19FN6O3S/c1-14-18-11-20(35-24(18)31(28-14)12-15-7-9-16(25)10-8-15)22(33)26-27-23(34)21-19(32)13-30(29-21)17-5-3-2-4-6-17/h2-11,13,32H,12H2,1H3,(H,26,33)(H,27,34). The summed E-state index contributed by atoms with van der Waals surface area (Å²) in [5.41, 5.74) is 6.71. The minimum atomic E-state index is -0.759. The number of hydrazine groups is 1. The van der Waals surface area contributed by atoms with Crippen molar-refractivity contribution < 1.29 is 19.1 Å². The molecule has 176 valence electrons. The molecule has 3 aromatic heterocycles. The first-order valence-corrected chi connectivity index (χ1v) is 11.4. The van der Waals surface area contributed by atoms with Gasteiger partial charge in [0, 0.05) is 5.39 Å². The van der Waals surface area contributed by atoms with Crippen molar-refractivity contribution in [1.29, 1.82) is 0 Å². The van der Waals surface area contributed by atoms with Crippen LogP contribution in [0.4, 0.5) is 4.39 Å². The molecule has 5 aromatic rings. The van der Waals surface area contributed by atoms with E-state index >= 15 is 0 Å². The maximum Gasteiger partial charge on any atom is 0.294 e. The van der Waals surface area contributed by atoms with Crippen LogP contribution in [0.15, 0.2) is 66.9 Å². The molecule has 0 atom stereocenters. The molecule has 35 heavy (non-hydrogen) atoms. The van der Waals surface area contributed by atoms with Gasteiger partial charge >= 0.3 is 0 Å². The molecule has 0 aliphatic heterocycles. The summed E-state index contributed by atoms with van der Waals surface area (Å²) in [7, 11) is 0. The van der Waals surface area contributed by atoms with Crippen molar-refractivity contribution in [3.63, 3.8) is 0 Å². The van der Waals surface area contributed by atoms with E-state index in [4.69, 9.17) is 0 Å². The fourth-order valence-corrected chi connectivity index (χ4v) is 4.62. The van der Waals surface area contributed by atoms with Gasteiger partial charge in [0.2, 0.25) is 0 Å². The highest BCUT2D eigenvalue weighted by molar-refractivity contribution is 7.20. The lowest BCUT2D eigenvalue weighted by molar-refractivity contribution is 0.0844. The van der Waals surface area contributed by atoms with Crippen molar-refractivity contribution in [3.8, 4) is 11.4 Å². The molecule has 0 saturated heterocycles. The fourth-order valence-electron chi connectivity index (χ4n) is 3.57. The summed E-state index contributed by atoms with van der Waals surface area (Å²) in [5.74, 6) is -1.91. The third-order valence-corrected chi connectivity index (χ3v) is 6.44. The molecule has 0 radical (unpaired) electrons. The van der Waals surface area contributed by atoms with Gasteiger partial charge in [0.05, 0.1) is 29.0 Å². The van der Waals surface area contributed by atoms with E-state index in [0.717, 1.165) is 21.5 Å². The zero-order valence-corrected chi connectivity index (χ0v) is 19.2. The number of thiophene rings is 1. The highest BCUT2D eigenvalue weighted by atomic mass is 32.1. The molecule has 5 rings (SSSR count). The van der Waals surface area contributed by atoms with Gasteiger partial charge in [-0.1, -0.05) is 30.3 Å². The van der Waals surface area contributed by atoms with E-state index < -0.39 is 11.8 Å². The van der Waals surface area contributed by atoms with Crippen LogP contribution in [0.2, 0.25) is 0 Å². The lowest BCUT2D eigenvalue weighted by Gasteiger charge is -2.05. The fraction of sp³-hybridized carbons (Fsp3) is 0.0833. The Morgan fingerprint density at radius 3 is 2.49 bits per heavy atom. The van der Waals surface area contributed by atoms with Crippen LogP contribution in [0, 0.1) is 12.7 Å². The van der Waals surface area contributed by atoms with Crippen LogP contribution in [0.3, 0.4) is 0 Å². The first-order valence-electron chi connectivity index (χ1n) is 10.5. The number of aromatic hydroxyl groups is 1. The van der Waals surface area contributed by atoms with Crippen molar-refractivity contribution in [2.75, 3.05) is 0 Å². The molecule has 9 nitrogen and oxygen atoms in total. The summed E-state index contributed by atoms with van der Waals surface area (Å²) >= 11 is 1.22. The van der Waals surface area contributed by atoms with Crippen molar-refractivity contribution in [3.05, 3.63) is 94.5 Å². The number of nitrogens with zero attached hydrogens (tertiary/aromatic N) is 4. The molecule has 3 N–H and O–H groups in total. The lowest BCUT2D eigenvalue weighted by Crippen LogP contribution is -2.41. The largest absolute Gasteiger partial charge is 0.504 e. The molecule has 2 amide bonds. The molecule has 0 saturated carbocycles. The van der Waals surface area contributed by atoms with Gasteiger partial charge in [-0.3, -0.25) is 25.1 Å². The second kappa shape index (κ2) is 9.03. The van der Waals surface area contributed by atoms with E-state index in [2.05, 4.69) is 21.0 Å². The van der Waals surface area contributed by atoms with E-state index in [9.17, 15) is 19.1 Å². The Bertz CT molecular complexity index is 1540. The lowest BCUT2D eigenvalue weighted by atomic mass is 10.2. The van der Waals surface area contributed by atoms with Crippen molar-refractivity contribution >= 4 is 33.4 Å². The molecule has 11 heteroatoms. The van der Waals surface area contributed by atoms with Crippen LogP contribution in [0.1, 0.15) is 31.4 Å². The number of rotatable bonds is 5. The number of benzene rings is 2. The number of carbonyl (C=O) groups is 2. The maximum absolute atomic E-state index is 13.2. The minimum Gasteiger partial charge on any atom is -0.504 e. The molecule has 0 bridgehead atoms. The number of para-hydroxylation sites is 1. The summed E-state index contributed by atoms with van der Waals surface area (Å²) in [6.45, 7) is 2.26. The van der Waals surface area contributed by atoms with Crippen molar-refractivity contribution in [2.24, 2.45) is 0 Å². The van der Waals surface area contributed by atoms with Gasteiger partial charge in [-0.15, -0.1) is 11.3 Å². The van der Waals surface area contributed by atoms with Gasteiger partial charge in [0.25, 0.3) is 11.8 Å². The Morgan fingerprint density at radius 1 is 1.03 bits per heavy atom. The molecule has 2 aromatic carbocycles. The Kier molecular flexibility index (Phi) is 5.75. The maximum atomic E-state index is 13.2. The number of carbonyl (C=O) groups excluding carboxylic acids is 2. The van der Waals surface area contributed by atoms with Gasteiger partial charge in [-0.2, -0.15) is 10.2 Å². The molecule has 0 unspecified atom stereocenters. The second-order valence-electron chi connectivity index (χ2n) is 7.75. The predicted octanol–water partition coefficient (Wildman–Crippen LogP) is 3.56. The first kappa shape index (κ1) is 22.3. The highest BCUT2D eigenvalue weighted by Gasteiger charge is 2.20. The smallest absolute Gasteiger partial charge is 0.294 e. The van der Waals surface area contributed by atoms with E-state index in [0.29, 0.717) is 17.1 Å². The van der Waals surface area contributed by atoms with Crippen LogP contribution >= 0.6 is 11.3 Å². The molecule has 0 spiro atoms. The number of nitrogens with one attached hydrogen (secondary N) is 2. The highest BCUT2D eigenvalue weighted by Crippen LogP contribution is 2.29. The van der Waals surface area contributed by atoms with Gasteiger partial charge in [-0.05, 0) is 42.8 Å². The summed E-state index contributed by atoms with van der Waals surface area (Å²) in [4.78, 5) is 26.4. The Hall–Kier alpha value is -4.51. The summed E-state index contributed by atoms with van der Waals surface area (Å²) < 4.78 is 16.3. The Morgan fingerprint density at radius 2 is 1.74 bits per heavy atom. The number of fused-ring (bicyclic) bond motifs is 1. The third-order valence-electron chi connectivity index (χ3n) is 5.30. The van der Waals surface area contributed by atoms with Crippen LogP contribution in [0.5, 0.6) is 5.75 Å². The number of aromatic nitrogens is 4. The first-order chi connectivity index (χ1) is 16.9. The Balaban J connectivity index is 1.29. The van der Waals surface area contributed by atoms with Crippen LogP contribution in [-0.2, 0) is 6.54 Å². The third kappa shape index (κ3) is 4.49. The number of halogens is 1. The second-order valence-corrected chi connectivity index (χ2v) is 8.78. The molecule has 0 aliphatic carbocycles. The van der Waals surface area contributed by atoms with Gasteiger partial charge in [-0.25, -0.2) is 9.07 Å². The minimum absolute atomic E-state index is 0.226. The number of hydrogen-bond acceptors (Lipinski definition) is 6. The molecule has 0 fully saturated rings. The molecular formula is C24H19FN6O3S. The monoisotopic (exact) mass is 490 g/mol. The zero-order chi connectivity index (χ0) is 24.5. The average molecular weight is 491 g/mol. The van der Waals surface area contributed by atoms with Crippen LogP contribution in [-0.4, -0.2) is 36.5 Å². The number of amides is 2. The van der Waals surface area contributed by atoms with E-state index in [1.807, 2.05) is 13.0 Å². The van der Waals surface area contributed by atoms with E-state index in [-0.39, 0.29) is 17.3 Å². The number of hydrogen-bond donors (Lipinski definition) is 3. The summed E-state index contributed by atoms with van der Waals surface area (Å²) in [6, 6.07) is 16.8. The van der Waals surface area contributed by atoms with E-state index in [1.54, 1.807) is 47.1 Å². The number of aryl methyl sites for hydroxylation is 1. The summed E-state index contributed by atoms with van der Waals surface area (Å²) in [5, 5.41) is 19.5. The van der Waals surface area contributed by atoms with Crippen molar-refractivity contribution in [2.45, 2.75) is 13.5 Å². The summed E-state index contributed by atoms with van der Waals surface area (Å²) in [6.07, 6.45) is 1.31. The average Bonchev–Trinajstić information content (AvgIpc) is 3.55. The van der Waals surface area contributed by atoms with Crippen LogP contribution in [0.25, 0.3) is 15.9 Å². The van der Waals surface area contributed by atoms with Crippen LogP contribution < -0.4 is 10.9 Å². The molecular weight excluding hydrogens is 471 g/mol. The topological polar surface area (TPSA) is 114 Å². The normalized spacial score (nSPS) is 11.0. The van der Waals surface area contributed by atoms with Crippen molar-refractivity contribution in [1.82, 2.24) is 30.4 Å². The van der Waals surface area contributed by atoms with Gasteiger partial charge in [0.15, 0.2) is 11.4 Å².